The van der Waals surface area contributed by atoms with Gasteiger partial charge in [-0.2, -0.15) is 0 Å². The van der Waals surface area contributed by atoms with Gasteiger partial charge < -0.3 is 19.3 Å². The summed E-state index contributed by atoms with van der Waals surface area (Å²) in [4.78, 5) is 26.4. The first-order chi connectivity index (χ1) is 11.4. The maximum absolute atomic E-state index is 12.1. The number of aldehydes is 1. The number of allylic oxidation sites excluding steroid dienone is 1. The van der Waals surface area contributed by atoms with Gasteiger partial charge in [-0.1, -0.05) is 24.3 Å². The molecule has 0 atom stereocenters. The SMILES string of the molecule is CC(C)(C)OC(=O)N1CCN(c2ccc(C=CCC=O)cc2)CC1. The minimum absolute atomic E-state index is 0.238. The molecule has 1 aliphatic rings. The minimum Gasteiger partial charge on any atom is -0.444 e. The molecule has 1 aromatic rings. The van der Waals surface area contributed by atoms with E-state index < -0.39 is 5.60 Å². The summed E-state index contributed by atoms with van der Waals surface area (Å²) in [6.07, 6.45) is 4.88. The number of hydrogen-bond acceptors (Lipinski definition) is 4. The van der Waals surface area contributed by atoms with Gasteiger partial charge in [-0.15, -0.1) is 0 Å². The van der Waals surface area contributed by atoms with Crippen LogP contribution in [0.25, 0.3) is 6.08 Å². The number of piperazine rings is 1. The van der Waals surface area contributed by atoms with Crippen LogP contribution in [0.15, 0.2) is 30.3 Å². The largest absolute Gasteiger partial charge is 0.444 e. The first-order valence-corrected chi connectivity index (χ1v) is 8.32. The van der Waals surface area contributed by atoms with Gasteiger partial charge in [-0.3, -0.25) is 0 Å². The Morgan fingerprint density at radius 1 is 1.12 bits per heavy atom. The lowest BCUT2D eigenvalue weighted by Crippen LogP contribution is -2.50. The Hall–Kier alpha value is -2.30. The van der Waals surface area contributed by atoms with E-state index in [1.54, 1.807) is 4.90 Å². The quantitative estimate of drug-likeness (QED) is 0.795. The molecule has 1 aliphatic heterocycles. The molecule has 0 aliphatic carbocycles. The molecular weight excluding hydrogens is 304 g/mol. The maximum Gasteiger partial charge on any atom is 0.410 e. The Kier molecular flexibility index (Phi) is 6.01. The molecule has 1 heterocycles. The van der Waals surface area contributed by atoms with Crippen LogP contribution in [0.3, 0.4) is 0 Å². The molecule has 0 unspecified atom stereocenters. The van der Waals surface area contributed by atoms with Gasteiger partial charge in [0.15, 0.2) is 0 Å². The standard InChI is InChI=1S/C19H26N2O3/c1-19(2,3)24-18(23)21-13-11-20(12-14-21)17-9-7-16(8-10-17)6-4-5-15-22/h4,6-10,15H,5,11-14H2,1-3H3. The van der Waals surface area contributed by atoms with E-state index in [1.807, 2.05) is 45.1 Å². The second-order valence-electron chi connectivity index (χ2n) is 6.85. The molecule has 0 bridgehead atoms. The van der Waals surface area contributed by atoms with E-state index in [4.69, 9.17) is 4.74 Å². The van der Waals surface area contributed by atoms with Crippen molar-refractivity contribution in [2.45, 2.75) is 32.8 Å². The Bertz CT molecular complexity index is 580. The first-order valence-electron chi connectivity index (χ1n) is 8.32. The van der Waals surface area contributed by atoms with E-state index in [1.165, 1.54) is 0 Å². The number of rotatable bonds is 4. The van der Waals surface area contributed by atoms with E-state index in [0.717, 1.165) is 30.6 Å². The van der Waals surface area contributed by atoms with Crippen molar-refractivity contribution >= 4 is 24.1 Å². The molecule has 1 aromatic carbocycles. The lowest BCUT2D eigenvalue weighted by Gasteiger charge is -2.36. The highest BCUT2D eigenvalue weighted by molar-refractivity contribution is 5.68. The molecule has 0 saturated carbocycles. The normalized spacial score (nSPS) is 15.6. The average molecular weight is 330 g/mol. The predicted molar refractivity (Wildman–Crippen MR) is 96.2 cm³/mol. The summed E-state index contributed by atoms with van der Waals surface area (Å²) in [6, 6.07) is 8.22. The summed E-state index contributed by atoms with van der Waals surface area (Å²) in [6.45, 7) is 8.55. The molecule has 1 amide bonds. The molecule has 0 aromatic heterocycles. The zero-order chi connectivity index (χ0) is 17.6. The fourth-order valence-corrected chi connectivity index (χ4v) is 2.53. The minimum atomic E-state index is -0.457. The number of anilines is 1. The molecule has 130 valence electrons. The average Bonchev–Trinajstić information content (AvgIpc) is 2.54. The van der Waals surface area contributed by atoms with Crippen molar-refractivity contribution < 1.29 is 14.3 Å². The van der Waals surface area contributed by atoms with Crippen LogP contribution in [0, 0.1) is 0 Å². The smallest absolute Gasteiger partial charge is 0.410 e. The van der Waals surface area contributed by atoms with Gasteiger partial charge in [-0.05, 0) is 38.5 Å². The third kappa shape index (κ3) is 5.41. The topological polar surface area (TPSA) is 49.9 Å². The Morgan fingerprint density at radius 3 is 2.29 bits per heavy atom. The van der Waals surface area contributed by atoms with E-state index in [9.17, 15) is 9.59 Å². The molecular formula is C19H26N2O3. The van der Waals surface area contributed by atoms with Crippen molar-refractivity contribution in [3.05, 3.63) is 35.9 Å². The zero-order valence-electron chi connectivity index (χ0n) is 14.7. The van der Waals surface area contributed by atoms with Crippen molar-refractivity contribution in [3.63, 3.8) is 0 Å². The molecule has 0 N–H and O–H groups in total. The van der Waals surface area contributed by atoms with Crippen molar-refractivity contribution in [3.8, 4) is 0 Å². The summed E-state index contributed by atoms with van der Waals surface area (Å²) in [5.74, 6) is 0. The number of benzene rings is 1. The Morgan fingerprint density at radius 2 is 1.75 bits per heavy atom. The van der Waals surface area contributed by atoms with Gasteiger partial charge in [-0.25, -0.2) is 4.79 Å². The molecule has 0 radical (unpaired) electrons. The number of nitrogens with zero attached hydrogens (tertiary/aromatic N) is 2. The molecule has 1 fully saturated rings. The first kappa shape index (κ1) is 18.0. The Labute approximate surface area is 143 Å². The highest BCUT2D eigenvalue weighted by Crippen LogP contribution is 2.19. The zero-order valence-corrected chi connectivity index (χ0v) is 14.7. The number of carbonyl (C=O) groups is 2. The molecule has 1 saturated heterocycles. The van der Waals surface area contributed by atoms with Gasteiger partial charge >= 0.3 is 6.09 Å². The molecule has 5 nitrogen and oxygen atoms in total. The second-order valence-corrected chi connectivity index (χ2v) is 6.85. The van der Waals surface area contributed by atoms with Crippen LogP contribution in [-0.2, 0) is 9.53 Å². The summed E-state index contributed by atoms with van der Waals surface area (Å²) in [7, 11) is 0. The number of hydrogen-bond donors (Lipinski definition) is 0. The molecule has 0 spiro atoms. The van der Waals surface area contributed by atoms with Gasteiger partial charge in [0.1, 0.15) is 11.9 Å². The van der Waals surface area contributed by atoms with Crippen molar-refractivity contribution in [1.82, 2.24) is 4.90 Å². The predicted octanol–water partition coefficient (Wildman–Crippen LogP) is 3.35. The maximum atomic E-state index is 12.1. The van der Waals surface area contributed by atoms with Gasteiger partial charge in [0.2, 0.25) is 0 Å². The van der Waals surface area contributed by atoms with Crippen LogP contribution in [-0.4, -0.2) is 49.1 Å². The van der Waals surface area contributed by atoms with Crippen LogP contribution < -0.4 is 4.90 Å². The number of amides is 1. The van der Waals surface area contributed by atoms with E-state index in [2.05, 4.69) is 17.0 Å². The molecule has 24 heavy (non-hydrogen) atoms. The van der Waals surface area contributed by atoms with Crippen molar-refractivity contribution in [2.75, 3.05) is 31.1 Å². The van der Waals surface area contributed by atoms with Crippen LogP contribution in [0.5, 0.6) is 0 Å². The number of ether oxygens (including phenoxy) is 1. The highest BCUT2D eigenvalue weighted by Gasteiger charge is 2.25. The monoisotopic (exact) mass is 330 g/mol. The third-order valence-electron chi connectivity index (χ3n) is 3.73. The van der Waals surface area contributed by atoms with Crippen LogP contribution in [0.4, 0.5) is 10.5 Å². The molecule has 5 heteroatoms. The Balaban J connectivity index is 1.88. The van der Waals surface area contributed by atoms with E-state index in [0.29, 0.717) is 19.5 Å². The fourth-order valence-electron chi connectivity index (χ4n) is 2.53. The molecule has 2 rings (SSSR count). The lowest BCUT2D eigenvalue weighted by atomic mass is 10.1. The van der Waals surface area contributed by atoms with Crippen molar-refractivity contribution in [2.24, 2.45) is 0 Å². The van der Waals surface area contributed by atoms with Crippen LogP contribution in [0.1, 0.15) is 32.8 Å². The second kappa shape index (κ2) is 7.99. The lowest BCUT2D eigenvalue weighted by molar-refractivity contribution is -0.107. The fraction of sp³-hybridized carbons (Fsp3) is 0.474. The van der Waals surface area contributed by atoms with Gasteiger partial charge in [0, 0.05) is 38.3 Å². The van der Waals surface area contributed by atoms with E-state index in [-0.39, 0.29) is 6.09 Å². The van der Waals surface area contributed by atoms with Gasteiger partial charge in [0.05, 0.1) is 0 Å². The third-order valence-corrected chi connectivity index (χ3v) is 3.73. The van der Waals surface area contributed by atoms with E-state index >= 15 is 0 Å². The van der Waals surface area contributed by atoms with Crippen LogP contribution >= 0.6 is 0 Å². The number of carbonyl (C=O) groups excluding carboxylic acids is 2. The van der Waals surface area contributed by atoms with Crippen LogP contribution in [0.2, 0.25) is 0 Å². The van der Waals surface area contributed by atoms with Crippen molar-refractivity contribution in [1.29, 1.82) is 0 Å². The summed E-state index contributed by atoms with van der Waals surface area (Å²) in [5, 5.41) is 0. The summed E-state index contributed by atoms with van der Waals surface area (Å²) < 4.78 is 5.42. The summed E-state index contributed by atoms with van der Waals surface area (Å²) >= 11 is 0. The summed E-state index contributed by atoms with van der Waals surface area (Å²) in [5.41, 5.74) is 1.76. The van der Waals surface area contributed by atoms with Gasteiger partial charge in [0.25, 0.3) is 0 Å². The highest BCUT2D eigenvalue weighted by atomic mass is 16.6.